The van der Waals surface area contributed by atoms with Crippen molar-refractivity contribution in [2.45, 2.75) is 12.5 Å². The fourth-order valence-corrected chi connectivity index (χ4v) is 2.94. The first-order valence-corrected chi connectivity index (χ1v) is 6.26. The summed E-state index contributed by atoms with van der Waals surface area (Å²) in [6.45, 7) is 2.49. The summed E-state index contributed by atoms with van der Waals surface area (Å²) in [7, 11) is 0. The number of carbonyl (C=O) groups is 1. The minimum Gasteiger partial charge on any atom is -0.331 e. The number of hydrogen-bond acceptors (Lipinski definition) is 4. The van der Waals surface area contributed by atoms with Crippen LogP contribution in [0.15, 0.2) is 0 Å². The average molecular weight is 215 g/mol. The molecule has 3 N–H and O–H groups in total. The number of nitrogens with one attached hydrogen (secondary N) is 1. The van der Waals surface area contributed by atoms with Crippen LogP contribution in [0, 0.1) is 5.92 Å². The fraction of sp³-hybridized carbons (Fsp3) is 0.889. The quantitative estimate of drug-likeness (QED) is 0.649. The van der Waals surface area contributed by atoms with Crippen LogP contribution in [0.3, 0.4) is 0 Å². The number of thioether (sulfide) groups is 1. The maximum Gasteiger partial charge on any atom is 0.240 e. The van der Waals surface area contributed by atoms with Crippen molar-refractivity contribution in [1.29, 1.82) is 0 Å². The van der Waals surface area contributed by atoms with E-state index in [-0.39, 0.29) is 11.9 Å². The van der Waals surface area contributed by atoms with Gasteiger partial charge in [0.2, 0.25) is 5.91 Å². The van der Waals surface area contributed by atoms with Crippen LogP contribution in [0.1, 0.15) is 6.42 Å². The second kappa shape index (κ2) is 4.51. The van der Waals surface area contributed by atoms with Gasteiger partial charge in [0, 0.05) is 12.3 Å². The molecule has 2 unspecified atom stereocenters. The minimum atomic E-state index is 0.0299. The van der Waals surface area contributed by atoms with E-state index in [9.17, 15) is 4.79 Å². The highest BCUT2D eigenvalue weighted by Crippen LogP contribution is 2.19. The second-order valence-corrected chi connectivity index (χ2v) is 5.01. The minimum absolute atomic E-state index is 0.0299. The lowest BCUT2D eigenvalue weighted by atomic mass is 10.1. The van der Waals surface area contributed by atoms with Crippen LogP contribution in [0.2, 0.25) is 0 Å². The lowest BCUT2D eigenvalue weighted by Gasteiger charge is -2.19. The summed E-state index contributed by atoms with van der Waals surface area (Å²) >= 11 is 1.83. The Morgan fingerprint density at radius 2 is 2.50 bits per heavy atom. The first kappa shape index (κ1) is 10.3. The van der Waals surface area contributed by atoms with Crippen molar-refractivity contribution < 1.29 is 4.79 Å². The van der Waals surface area contributed by atoms with Crippen molar-refractivity contribution in [3.8, 4) is 0 Å². The van der Waals surface area contributed by atoms with E-state index in [0.29, 0.717) is 12.5 Å². The SMILES string of the molecule is NCC1CNC(C(=O)N2CCSC2)C1. The van der Waals surface area contributed by atoms with Gasteiger partial charge >= 0.3 is 0 Å². The van der Waals surface area contributed by atoms with Gasteiger partial charge in [-0.1, -0.05) is 0 Å². The lowest BCUT2D eigenvalue weighted by Crippen LogP contribution is -2.42. The Morgan fingerprint density at radius 3 is 3.07 bits per heavy atom. The van der Waals surface area contributed by atoms with Crippen molar-refractivity contribution in [3.05, 3.63) is 0 Å². The molecular weight excluding hydrogens is 198 g/mol. The van der Waals surface area contributed by atoms with Crippen molar-refractivity contribution >= 4 is 17.7 Å². The monoisotopic (exact) mass is 215 g/mol. The molecule has 0 spiro atoms. The zero-order chi connectivity index (χ0) is 9.97. The van der Waals surface area contributed by atoms with E-state index in [0.717, 1.165) is 31.1 Å². The number of carbonyl (C=O) groups excluding carboxylic acids is 1. The van der Waals surface area contributed by atoms with Crippen LogP contribution >= 0.6 is 11.8 Å². The molecule has 0 aromatic rings. The molecule has 2 heterocycles. The van der Waals surface area contributed by atoms with Crippen LogP contribution in [0.25, 0.3) is 0 Å². The highest BCUT2D eigenvalue weighted by molar-refractivity contribution is 7.99. The van der Waals surface area contributed by atoms with Crippen molar-refractivity contribution in [1.82, 2.24) is 10.2 Å². The van der Waals surface area contributed by atoms with E-state index in [1.807, 2.05) is 16.7 Å². The summed E-state index contributed by atoms with van der Waals surface area (Å²) < 4.78 is 0. The van der Waals surface area contributed by atoms with E-state index in [1.165, 1.54) is 0 Å². The van der Waals surface area contributed by atoms with Crippen LogP contribution in [0.4, 0.5) is 0 Å². The van der Waals surface area contributed by atoms with Gasteiger partial charge in [-0.05, 0) is 25.4 Å². The molecule has 2 aliphatic heterocycles. The van der Waals surface area contributed by atoms with Gasteiger partial charge in [0.15, 0.2) is 0 Å². The summed E-state index contributed by atoms with van der Waals surface area (Å²) in [5.74, 6) is 2.70. The molecule has 2 rings (SSSR count). The third-order valence-electron chi connectivity index (χ3n) is 2.92. The Bertz CT molecular complexity index is 218. The molecule has 0 radical (unpaired) electrons. The number of hydrogen-bond donors (Lipinski definition) is 2. The van der Waals surface area contributed by atoms with Gasteiger partial charge in [0.1, 0.15) is 0 Å². The van der Waals surface area contributed by atoms with Crippen molar-refractivity contribution in [2.75, 3.05) is 31.3 Å². The summed E-state index contributed by atoms with van der Waals surface area (Å²) in [6, 6.07) is 0.0299. The molecule has 2 aliphatic rings. The highest BCUT2D eigenvalue weighted by atomic mass is 32.2. The van der Waals surface area contributed by atoms with Crippen LogP contribution in [-0.4, -0.2) is 48.1 Å². The summed E-state index contributed by atoms with van der Waals surface area (Å²) in [5, 5.41) is 3.25. The van der Waals surface area contributed by atoms with Crippen LogP contribution in [-0.2, 0) is 4.79 Å². The molecule has 0 aromatic heterocycles. The summed E-state index contributed by atoms with van der Waals surface area (Å²) in [6.07, 6.45) is 0.913. The van der Waals surface area contributed by atoms with Crippen molar-refractivity contribution in [2.24, 2.45) is 11.7 Å². The smallest absolute Gasteiger partial charge is 0.240 e. The number of rotatable bonds is 2. The first-order chi connectivity index (χ1) is 6.81. The molecule has 1 amide bonds. The Balaban J connectivity index is 1.86. The second-order valence-electron chi connectivity index (χ2n) is 3.94. The van der Waals surface area contributed by atoms with Gasteiger partial charge in [-0.15, -0.1) is 11.8 Å². The largest absolute Gasteiger partial charge is 0.331 e. The Hall–Kier alpha value is -0.260. The average Bonchev–Trinajstić information content (AvgIpc) is 2.88. The predicted molar refractivity (Wildman–Crippen MR) is 58.0 cm³/mol. The number of amides is 1. The first-order valence-electron chi connectivity index (χ1n) is 5.11. The van der Waals surface area contributed by atoms with E-state index < -0.39 is 0 Å². The molecule has 0 aromatic carbocycles. The van der Waals surface area contributed by atoms with Gasteiger partial charge in [0.25, 0.3) is 0 Å². The molecule has 2 atom stereocenters. The zero-order valence-electron chi connectivity index (χ0n) is 8.24. The molecule has 4 nitrogen and oxygen atoms in total. The van der Waals surface area contributed by atoms with Gasteiger partial charge in [-0.2, -0.15) is 0 Å². The number of nitrogens with two attached hydrogens (primary N) is 1. The topological polar surface area (TPSA) is 58.4 Å². The normalized spacial score (nSPS) is 32.5. The number of nitrogens with zero attached hydrogens (tertiary/aromatic N) is 1. The molecule has 80 valence electrons. The summed E-state index contributed by atoms with van der Waals surface area (Å²) in [4.78, 5) is 13.9. The van der Waals surface area contributed by atoms with Gasteiger partial charge in [-0.3, -0.25) is 4.79 Å². The van der Waals surface area contributed by atoms with Crippen LogP contribution in [0.5, 0.6) is 0 Å². The summed E-state index contributed by atoms with van der Waals surface area (Å²) in [5.41, 5.74) is 5.58. The molecule has 0 aliphatic carbocycles. The van der Waals surface area contributed by atoms with Crippen LogP contribution < -0.4 is 11.1 Å². The third kappa shape index (κ3) is 2.04. The third-order valence-corrected chi connectivity index (χ3v) is 3.88. The maximum absolute atomic E-state index is 11.9. The molecule has 5 heteroatoms. The van der Waals surface area contributed by atoms with Crippen molar-refractivity contribution in [3.63, 3.8) is 0 Å². The molecule has 2 saturated heterocycles. The lowest BCUT2D eigenvalue weighted by molar-refractivity contribution is -0.131. The molecule has 0 bridgehead atoms. The standard InChI is InChI=1S/C9H17N3OS/c10-4-7-3-8(11-5-7)9(13)12-1-2-14-6-12/h7-8,11H,1-6,10H2. The zero-order valence-corrected chi connectivity index (χ0v) is 9.05. The molecule has 0 saturated carbocycles. The Kier molecular flexibility index (Phi) is 3.30. The van der Waals surface area contributed by atoms with E-state index in [4.69, 9.17) is 5.73 Å². The van der Waals surface area contributed by atoms with Gasteiger partial charge < -0.3 is 16.0 Å². The van der Waals surface area contributed by atoms with E-state index in [2.05, 4.69) is 5.32 Å². The van der Waals surface area contributed by atoms with E-state index >= 15 is 0 Å². The maximum atomic E-state index is 11.9. The van der Waals surface area contributed by atoms with Gasteiger partial charge in [-0.25, -0.2) is 0 Å². The predicted octanol–water partition coefficient (Wildman–Crippen LogP) is -0.544. The molecule has 2 fully saturated rings. The molecular formula is C9H17N3OS. The highest BCUT2D eigenvalue weighted by Gasteiger charge is 2.32. The Labute approximate surface area is 88.6 Å². The van der Waals surface area contributed by atoms with E-state index in [1.54, 1.807) is 0 Å². The fourth-order valence-electron chi connectivity index (χ4n) is 1.98. The molecule has 14 heavy (non-hydrogen) atoms. The van der Waals surface area contributed by atoms with Gasteiger partial charge in [0.05, 0.1) is 11.9 Å². The Morgan fingerprint density at radius 1 is 1.64 bits per heavy atom.